The van der Waals surface area contributed by atoms with E-state index >= 15 is 0 Å². The van der Waals surface area contributed by atoms with Crippen molar-refractivity contribution in [3.05, 3.63) is 69.8 Å². The standard InChI is InChI=1S/C18H18BrN5/c1-12-5-3-4-6-14(12)10-20-18-23-17(11-21-24-18)22-15-7-8-16(19)13(2)9-15/h3-9,11H,10H2,1-2H3,(H2,20,22,23,24). The third-order valence-corrected chi connectivity index (χ3v) is 4.58. The van der Waals surface area contributed by atoms with Gasteiger partial charge in [-0.2, -0.15) is 10.1 Å². The van der Waals surface area contributed by atoms with Crippen LogP contribution in [-0.4, -0.2) is 15.2 Å². The quantitative estimate of drug-likeness (QED) is 0.673. The van der Waals surface area contributed by atoms with Crippen LogP contribution in [0.15, 0.2) is 53.1 Å². The van der Waals surface area contributed by atoms with Crippen LogP contribution in [0.3, 0.4) is 0 Å². The van der Waals surface area contributed by atoms with Gasteiger partial charge in [0.15, 0.2) is 5.82 Å². The molecule has 0 saturated carbocycles. The number of aryl methyl sites for hydroxylation is 2. The summed E-state index contributed by atoms with van der Waals surface area (Å²) in [5, 5.41) is 14.5. The van der Waals surface area contributed by atoms with E-state index in [9.17, 15) is 0 Å². The molecule has 1 aromatic heterocycles. The van der Waals surface area contributed by atoms with Gasteiger partial charge < -0.3 is 10.6 Å². The van der Waals surface area contributed by atoms with Crippen LogP contribution in [0.4, 0.5) is 17.5 Å². The fourth-order valence-electron chi connectivity index (χ4n) is 2.29. The second-order valence-corrected chi connectivity index (χ2v) is 6.39. The molecule has 0 bridgehead atoms. The molecule has 122 valence electrons. The zero-order valence-electron chi connectivity index (χ0n) is 13.5. The summed E-state index contributed by atoms with van der Waals surface area (Å²) in [6, 6.07) is 14.3. The minimum absolute atomic E-state index is 0.497. The molecule has 3 aromatic rings. The number of halogens is 1. The molecule has 0 unspecified atom stereocenters. The number of nitrogens with zero attached hydrogens (tertiary/aromatic N) is 3. The Morgan fingerprint density at radius 2 is 1.88 bits per heavy atom. The van der Waals surface area contributed by atoms with E-state index in [0.29, 0.717) is 18.3 Å². The van der Waals surface area contributed by atoms with Gasteiger partial charge in [-0.3, -0.25) is 0 Å². The molecule has 0 aliphatic rings. The number of benzene rings is 2. The summed E-state index contributed by atoms with van der Waals surface area (Å²) < 4.78 is 1.08. The zero-order valence-corrected chi connectivity index (χ0v) is 15.1. The van der Waals surface area contributed by atoms with E-state index in [2.05, 4.69) is 60.8 Å². The number of hydrogen-bond donors (Lipinski definition) is 2. The van der Waals surface area contributed by atoms with Crippen molar-refractivity contribution in [2.24, 2.45) is 0 Å². The predicted molar refractivity (Wildman–Crippen MR) is 100 cm³/mol. The smallest absolute Gasteiger partial charge is 0.244 e. The van der Waals surface area contributed by atoms with Gasteiger partial charge in [0.05, 0.1) is 6.20 Å². The maximum Gasteiger partial charge on any atom is 0.244 e. The fourth-order valence-corrected chi connectivity index (χ4v) is 2.54. The van der Waals surface area contributed by atoms with Crippen molar-refractivity contribution in [1.82, 2.24) is 15.2 Å². The lowest BCUT2D eigenvalue weighted by Crippen LogP contribution is -2.07. The largest absolute Gasteiger partial charge is 0.349 e. The summed E-state index contributed by atoms with van der Waals surface area (Å²) in [5.41, 5.74) is 4.56. The molecule has 1 heterocycles. The Kier molecular flexibility index (Phi) is 5.05. The first-order valence-corrected chi connectivity index (χ1v) is 8.42. The van der Waals surface area contributed by atoms with Crippen molar-refractivity contribution in [2.45, 2.75) is 20.4 Å². The third kappa shape index (κ3) is 4.08. The number of hydrogen-bond acceptors (Lipinski definition) is 5. The molecule has 24 heavy (non-hydrogen) atoms. The van der Waals surface area contributed by atoms with E-state index in [0.717, 1.165) is 15.7 Å². The second-order valence-electron chi connectivity index (χ2n) is 5.53. The molecule has 0 aliphatic heterocycles. The highest BCUT2D eigenvalue weighted by molar-refractivity contribution is 9.10. The van der Waals surface area contributed by atoms with Gasteiger partial charge in [-0.25, -0.2) is 0 Å². The Morgan fingerprint density at radius 1 is 1.04 bits per heavy atom. The van der Waals surface area contributed by atoms with Crippen LogP contribution in [0.2, 0.25) is 0 Å². The highest BCUT2D eigenvalue weighted by Gasteiger charge is 2.04. The number of rotatable bonds is 5. The van der Waals surface area contributed by atoms with E-state index in [1.807, 2.05) is 37.3 Å². The highest BCUT2D eigenvalue weighted by atomic mass is 79.9. The molecule has 0 atom stereocenters. The summed E-state index contributed by atoms with van der Waals surface area (Å²) in [6.45, 7) is 4.79. The van der Waals surface area contributed by atoms with Crippen LogP contribution < -0.4 is 10.6 Å². The van der Waals surface area contributed by atoms with Crippen molar-refractivity contribution >= 4 is 33.4 Å². The second kappa shape index (κ2) is 7.40. The summed E-state index contributed by atoms with van der Waals surface area (Å²) in [6.07, 6.45) is 1.61. The van der Waals surface area contributed by atoms with Gasteiger partial charge in [-0.1, -0.05) is 40.2 Å². The molecule has 6 heteroatoms. The first kappa shape index (κ1) is 16.4. The van der Waals surface area contributed by atoms with E-state index in [4.69, 9.17) is 0 Å². The summed E-state index contributed by atoms with van der Waals surface area (Å²) in [5.74, 6) is 1.15. The maximum atomic E-state index is 4.46. The van der Waals surface area contributed by atoms with Crippen molar-refractivity contribution in [3.8, 4) is 0 Å². The molecular weight excluding hydrogens is 366 g/mol. The van der Waals surface area contributed by atoms with Crippen LogP contribution in [0.1, 0.15) is 16.7 Å². The first-order chi connectivity index (χ1) is 11.6. The SMILES string of the molecule is Cc1cc(Nc2cnnc(NCc3ccccc3C)n2)ccc1Br. The lowest BCUT2D eigenvalue weighted by atomic mass is 10.1. The molecule has 0 amide bonds. The summed E-state index contributed by atoms with van der Waals surface area (Å²) >= 11 is 3.50. The molecule has 0 fully saturated rings. The molecule has 0 saturated heterocycles. The van der Waals surface area contributed by atoms with Crippen LogP contribution in [0, 0.1) is 13.8 Å². The highest BCUT2D eigenvalue weighted by Crippen LogP contribution is 2.22. The third-order valence-electron chi connectivity index (χ3n) is 3.69. The summed E-state index contributed by atoms with van der Waals surface area (Å²) in [4.78, 5) is 4.46. The monoisotopic (exact) mass is 383 g/mol. The van der Waals surface area contributed by atoms with Crippen molar-refractivity contribution in [1.29, 1.82) is 0 Å². The Balaban J connectivity index is 1.69. The van der Waals surface area contributed by atoms with E-state index in [1.54, 1.807) is 6.20 Å². The van der Waals surface area contributed by atoms with Gasteiger partial charge in [-0.15, -0.1) is 5.10 Å². The number of nitrogens with one attached hydrogen (secondary N) is 2. The molecule has 0 radical (unpaired) electrons. The number of anilines is 3. The lowest BCUT2D eigenvalue weighted by molar-refractivity contribution is 0.946. The van der Waals surface area contributed by atoms with Crippen LogP contribution in [0.25, 0.3) is 0 Å². The van der Waals surface area contributed by atoms with Gasteiger partial charge in [0.25, 0.3) is 0 Å². The Morgan fingerprint density at radius 3 is 2.67 bits per heavy atom. The molecule has 2 N–H and O–H groups in total. The maximum absolute atomic E-state index is 4.46. The molecule has 3 rings (SSSR count). The van der Waals surface area contributed by atoms with Crippen LogP contribution >= 0.6 is 15.9 Å². The molecule has 0 aliphatic carbocycles. The van der Waals surface area contributed by atoms with Crippen molar-refractivity contribution in [3.63, 3.8) is 0 Å². The van der Waals surface area contributed by atoms with Gasteiger partial charge in [0.1, 0.15) is 0 Å². The van der Waals surface area contributed by atoms with E-state index < -0.39 is 0 Å². The lowest BCUT2D eigenvalue weighted by Gasteiger charge is -2.10. The first-order valence-electron chi connectivity index (χ1n) is 7.63. The van der Waals surface area contributed by atoms with E-state index in [1.165, 1.54) is 11.1 Å². The Bertz CT molecular complexity index is 850. The molecule has 0 spiro atoms. The van der Waals surface area contributed by atoms with Gasteiger partial charge >= 0.3 is 0 Å². The van der Waals surface area contributed by atoms with E-state index in [-0.39, 0.29) is 0 Å². The number of aromatic nitrogens is 3. The van der Waals surface area contributed by atoms with Gasteiger partial charge in [0, 0.05) is 16.7 Å². The Hall–Kier alpha value is -2.47. The van der Waals surface area contributed by atoms with Crippen molar-refractivity contribution in [2.75, 3.05) is 10.6 Å². The molecular formula is C18H18BrN5. The average molecular weight is 384 g/mol. The van der Waals surface area contributed by atoms with Gasteiger partial charge in [0.2, 0.25) is 5.95 Å². The predicted octanol–water partition coefficient (Wildman–Crippen LogP) is 4.61. The van der Waals surface area contributed by atoms with Crippen LogP contribution in [0.5, 0.6) is 0 Å². The summed E-state index contributed by atoms with van der Waals surface area (Å²) in [7, 11) is 0. The van der Waals surface area contributed by atoms with Crippen molar-refractivity contribution < 1.29 is 0 Å². The molecule has 2 aromatic carbocycles. The zero-order chi connectivity index (χ0) is 16.9. The normalized spacial score (nSPS) is 10.5. The fraction of sp³-hybridized carbons (Fsp3) is 0.167. The minimum atomic E-state index is 0.497. The minimum Gasteiger partial charge on any atom is -0.349 e. The van der Waals surface area contributed by atoms with Crippen LogP contribution in [-0.2, 0) is 6.54 Å². The topological polar surface area (TPSA) is 62.7 Å². The van der Waals surface area contributed by atoms with Gasteiger partial charge in [-0.05, 0) is 48.7 Å². The molecule has 5 nitrogen and oxygen atoms in total. The Labute approximate surface area is 149 Å². The average Bonchev–Trinajstić information content (AvgIpc) is 2.58.